The summed E-state index contributed by atoms with van der Waals surface area (Å²) in [6.07, 6.45) is 2.06. The number of amides is 1. The Morgan fingerprint density at radius 3 is 2.38 bits per heavy atom. The second-order valence-electron chi connectivity index (χ2n) is 8.27. The second-order valence-corrected chi connectivity index (χ2v) is 8.27. The number of aryl methyl sites for hydroxylation is 1. The number of cyclic esters (lactones) is 1. The molecule has 2 atom stereocenters. The van der Waals surface area contributed by atoms with E-state index < -0.39 is 5.60 Å². The fraction of sp³-hybridized carbons (Fsp3) is 0.308. The highest BCUT2D eigenvalue weighted by Gasteiger charge is 2.43. The van der Waals surface area contributed by atoms with Gasteiger partial charge in [0.2, 0.25) is 0 Å². The SMILES string of the molecule is COC[C@]1(c2ccccc2)CCN(C(C)c2ccc(-c3ccn(C)c(=O)c3)cc2)C(=O)O1. The summed E-state index contributed by atoms with van der Waals surface area (Å²) in [6, 6.07) is 21.1. The van der Waals surface area contributed by atoms with Crippen molar-refractivity contribution in [3.63, 3.8) is 0 Å². The molecule has 1 saturated heterocycles. The molecule has 0 spiro atoms. The van der Waals surface area contributed by atoms with E-state index in [9.17, 15) is 9.59 Å². The van der Waals surface area contributed by atoms with E-state index in [1.165, 1.54) is 0 Å². The van der Waals surface area contributed by atoms with Gasteiger partial charge in [-0.25, -0.2) is 4.79 Å². The second kappa shape index (κ2) is 9.01. The number of carbonyl (C=O) groups is 1. The van der Waals surface area contributed by atoms with Crippen molar-refractivity contribution in [1.29, 1.82) is 0 Å². The lowest BCUT2D eigenvalue weighted by Gasteiger charge is -2.43. The zero-order valence-electron chi connectivity index (χ0n) is 18.7. The van der Waals surface area contributed by atoms with Crippen molar-refractivity contribution in [3.05, 3.63) is 94.4 Å². The standard InChI is InChI=1S/C26H28N2O4/c1-19(20-9-11-21(12-10-20)22-13-15-27(2)24(29)17-22)28-16-14-26(18-31-3,32-25(28)30)23-7-5-4-6-8-23/h4-13,15,17,19H,14,16,18H2,1-3H3/t19?,26-/m0/s1. The third-order valence-electron chi connectivity index (χ3n) is 6.25. The Morgan fingerprint density at radius 1 is 1.03 bits per heavy atom. The van der Waals surface area contributed by atoms with E-state index in [0.29, 0.717) is 19.6 Å². The molecule has 2 heterocycles. The number of methoxy groups -OCH3 is 1. The lowest BCUT2D eigenvalue weighted by molar-refractivity contribution is -0.0964. The fourth-order valence-corrected chi connectivity index (χ4v) is 4.25. The Labute approximate surface area is 188 Å². The smallest absolute Gasteiger partial charge is 0.411 e. The molecule has 1 aliphatic rings. The van der Waals surface area contributed by atoms with Crippen LogP contribution in [0.5, 0.6) is 0 Å². The zero-order valence-corrected chi connectivity index (χ0v) is 18.7. The molecule has 4 rings (SSSR count). The molecule has 6 heteroatoms. The quantitative estimate of drug-likeness (QED) is 0.576. The highest BCUT2D eigenvalue weighted by molar-refractivity contribution is 5.70. The van der Waals surface area contributed by atoms with Crippen LogP contribution in [0.3, 0.4) is 0 Å². The van der Waals surface area contributed by atoms with Crippen molar-refractivity contribution in [1.82, 2.24) is 9.47 Å². The van der Waals surface area contributed by atoms with E-state index in [1.807, 2.05) is 67.6 Å². The minimum absolute atomic E-state index is 0.0473. The van der Waals surface area contributed by atoms with E-state index in [-0.39, 0.29) is 17.7 Å². The van der Waals surface area contributed by atoms with Crippen LogP contribution in [0.1, 0.15) is 30.5 Å². The summed E-state index contributed by atoms with van der Waals surface area (Å²) in [5.41, 5.74) is 2.97. The van der Waals surface area contributed by atoms with Gasteiger partial charge in [0.1, 0.15) is 0 Å². The largest absolute Gasteiger partial charge is 0.435 e. The van der Waals surface area contributed by atoms with Crippen LogP contribution in [0.4, 0.5) is 4.79 Å². The van der Waals surface area contributed by atoms with Crippen LogP contribution in [0.2, 0.25) is 0 Å². The van der Waals surface area contributed by atoms with Gasteiger partial charge in [-0.15, -0.1) is 0 Å². The van der Waals surface area contributed by atoms with Gasteiger partial charge in [-0.2, -0.15) is 0 Å². The molecule has 32 heavy (non-hydrogen) atoms. The Hall–Kier alpha value is -3.38. The van der Waals surface area contributed by atoms with Gasteiger partial charge in [-0.3, -0.25) is 4.79 Å². The predicted octanol–water partition coefficient (Wildman–Crippen LogP) is 4.50. The molecular weight excluding hydrogens is 404 g/mol. The Bertz CT molecular complexity index is 1140. The van der Waals surface area contributed by atoms with Crippen molar-refractivity contribution >= 4 is 6.09 Å². The maximum atomic E-state index is 13.0. The number of ether oxygens (including phenoxy) is 2. The molecule has 1 aromatic heterocycles. The molecule has 0 radical (unpaired) electrons. The summed E-state index contributed by atoms with van der Waals surface area (Å²) in [5.74, 6) is 0. The van der Waals surface area contributed by atoms with Crippen LogP contribution in [0.15, 0.2) is 77.7 Å². The van der Waals surface area contributed by atoms with Crippen LogP contribution < -0.4 is 5.56 Å². The number of nitrogens with zero attached hydrogens (tertiary/aromatic N) is 2. The molecule has 6 nitrogen and oxygen atoms in total. The first-order chi connectivity index (χ1) is 15.4. The molecule has 1 amide bonds. The van der Waals surface area contributed by atoms with Crippen molar-refractivity contribution in [2.45, 2.75) is 25.0 Å². The lowest BCUT2D eigenvalue weighted by atomic mass is 9.89. The summed E-state index contributed by atoms with van der Waals surface area (Å²) < 4.78 is 13.0. The van der Waals surface area contributed by atoms with Gasteiger partial charge in [0.25, 0.3) is 5.56 Å². The molecule has 166 valence electrons. The molecule has 2 aromatic carbocycles. The van der Waals surface area contributed by atoms with Gasteiger partial charge in [0, 0.05) is 39.4 Å². The van der Waals surface area contributed by atoms with Crippen LogP contribution in [-0.2, 0) is 22.1 Å². The first kappa shape index (κ1) is 21.8. The highest BCUT2D eigenvalue weighted by atomic mass is 16.6. The third kappa shape index (κ3) is 4.18. The number of hydrogen-bond donors (Lipinski definition) is 0. The van der Waals surface area contributed by atoms with Crippen LogP contribution >= 0.6 is 0 Å². The Morgan fingerprint density at radius 2 is 1.75 bits per heavy atom. The van der Waals surface area contributed by atoms with Crippen LogP contribution in [-0.4, -0.2) is 35.8 Å². The highest BCUT2D eigenvalue weighted by Crippen LogP contribution is 2.37. The van der Waals surface area contributed by atoms with E-state index in [2.05, 4.69) is 0 Å². The maximum absolute atomic E-state index is 13.0. The minimum Gasteiger partial charge on any atom is -0.435 e. The van der Waals surface area contributed by atoms with Gasteiger partial charge < -0.3 is 18.9 Å². The number of pyridine rings is 1. The molecular formula is C26H28N2O4. The van der Waals surface area contributed by atoms with Crippen LogP contribution in [0.25, 0.3) is 11.1 Å². The number of benzene rings is 2. The van der Waals surface area contributed by atoms with Crippen molar-refractivity contribution < 1.29 is 14.3 Å². The van der Waals surface area contributed by atoms with Gasteiger partial charge in [0.15, 0.2) is 5.60 Å². The van der Waals surface area contributed by atoms with Gasteiger partial charge >= 0.3 is 6.09 Å². The topological polar surface area (TPSA) is 60.8 Å². The number of carbonyl (C=O) groups excluding carboxylic acids is 1. The van der Waals surface area contributed by atoms with Gasteiger partial charge in [0.05, 0.1) is 12.6 Å². The first-order valence-corrected chi connectivity index (χ1v) is 10.7. The van der Waals surface area contributed by atoms with E-state index in [1.54, 1.807) is 35.9 Å². The summed E-state index contributed by atoms with van der Waals surface area (Å²) in [7, 11) is 3.35. The lowest BCUT2D eigenvalue weighted by Crippen LogP contribution is -2.50. The molecule has 0 aliphatic carbocycles. The number of rotatable bonds is 6. The predicted molar refractivity (Wildman–Crippen MR) is 123 cm³/mol. The summed E-state index contributed by atoms with van der Waals surface area (Å²) in [5, 5.41) is 0. The van der Waals surface area contributed by atoms with Crippen molar-refractivity contribution in [2.24, 2.45) is 7.05 Å². The minimum atomic E-state index is -0.771. The number of hydrogen-bond acceptors (Lipinski definition) is 4. The zero-order chi connectivity index (χ0) is 22.7. The van der Waals surface area contributed by atoms with Crippen molar-refractivity contribution in [2.75, 3.05) is 20.3 Å². The maximum Gasteiger partial charge on any atom is 0.411 e. The molecule has 0 bridgehead atoms. The van der Waals surface area contributed by atoms with Crippen LogP contribution in [0, 0.1) is 0 Å². The van der Waals surface area contributed by atoms with E-state index in [4.69, 9.17) is 9.47 Å². The summed E-state index contributed by atoms with van der Waals surface area (Å²) in [6.45, 7) is 2.88. The molecule has 1 fully saturated rings. The monoisotopic (exact) mass is 432 g/mol. The average Bonchev–Trinajstić information content (AvgIpc) is 2.81. The normalized spacial score (nSPS) is 19.5. The summed E-state index contributed by atoms with van der Waals surface area (Å²) in [4.78, 5) is 26.7. The van der Waals surface area contributed by atoms with Gasteiger partial charge in [-0.05, 0) is 35.2 Å². The van der Waals surface area contributed by atoms with E-state index >= 15 is 0 Å². The average molecular weight is 433 g/mol. The molecule has 3 aromatic rings. The fourth-order valence-electron chi connectivity index (χ4n) is 4.25. The number of aromatic nitrogens is 1. The third-order valence-corrected chi connectivity index (χ3v) is 6.25. The summed E-state index contributed by atoms with van der Waals surface area (Å²) >= 11 is 0. The Kier molecular flexibility index (Phi) is 6.15. The van der Waals surface area contributed by atoms with Crippen molar-refractivity contribution in [3.8, 4) is 11.1 Å². The van der Waals surface area contributed by atoms with E-state index in [0.717, 1.165) is 22.3 Å². The molecule has 0 saturated carbocycles. The molecule has 0 N–H and O–H groups in total. The Balaban J connectivity index is 1.51. The first-order valence-electron chi connectivity index (χ1n) is 10.7. The molecule has 1 unspecified atom stereocenters. The molecule has 1 aliphatic heterocycles. The van der Waals surface area contributed by atoms with Gasteiger partial charge in [-0.1, -0.05) is 54.6 Å².